The van der Waals surface area contributed by atoms with Gasteiger partial charge in [0.05, 0.1) is 12.8 Å². The summed E-state index contributed by atoms with van der Waals surface area (Å²) in [7, 11) is 1.62. The van der Waals surface area contributed by atoms with Crippen LogP contribution in [0.5, 0.6) is 5.75 Å². The summed E-state index contributed by atoms with van der Waals surface area (Å²) < 4.78 is 6.25. The molecule has 0 N–H and O–H groups in total. The highest BCUT2D eigenvalue weighted by Gasteiger charge is 2.31. The number of carbonyl (C=O) groups is 1. The number of ether oxygens (including phenoxy) is 1. The molecule has 1 aromatic carbocycles. The van der Waals surface area contributed by atoms with E-state index in [1.54, 1.807) is 12.0 Å². The highest BCUT2D eigenvalue weighted by atomic mass is 79.9. The zero-order valence-corrected chi connectivity index (χ0v) is 12.6. The quantitative estimate of drug-likeness (QED) is 0.772. The predicted molar refractivity (Wildman–Crippen MR) is 74.9 cm³/mol. The van der Waals surface area contributed by atoms with Crippen LogP contribution in [-0.4, -0.2) is 24.9 Å². The second-order valence-electron chi connectivity index (χ2n) is 4.04. The maximum Gasteiger partial charge on any atom is 0.227 e. The van der Waals surface area contributed by atoms with Crippen LogP contribution in [0.1, 0.15) is 6.42 Å². The second-order valence-corrected chi connectivity index (χ2v) is 5.61. The first kappa shape index (κ1) is 12.9. The molecule has 0 spiro atoms. The topological polar surface area (TPSA) is 29.5 Å². The number of anilines is 1. The summed E-state index contributed by atoms with van der Waals surface area (Å²) in [5, 5.41) is 0.853. The van der Waals surface area contributed by atoms with Crippen LogP contribution < -0.4 is 9.64 Å². The predicted octanol–water partition coefficient (Wildman–Crippen LogP) is 3.21. The Hall–Kier alpha value is -0.550. The summed E-state index contributed by atoms with van der Waals surface area (Å²) in [6.45, 7) is 0.747. The molecule has 0 radical (unpaired) electrons. The van der Waals surface area contributed by atoms with Gasteiger partial charge in [0.15, 0.2) is 0 Å². The van der Waals surface area contributed by atoms with Gasteiger partial charge in [-0.3, -0.25) is 4.79 Å². The summed E-state index contributed by atoms with van der Waals surface area (Å²) in [6.07, 6.45) is 0.598. The number of hydrogen-bond donors (Lipinski definition) is 0. The van der Waals surface area contributed by atoms with Gasteiger partial charge in [-0.25, -0.2) is 0 Å². The second kappa shape index (κ2) is 5.40. The largest absolute Gasteiger partial charge is 0.495 e. The van der Waals surface area contributed by atoms with Crippen LogP contribution >= 0.6 is 31.9 Å². The first-order chi connectivity index (χ1) is 8.15. The van der Waals surface area contributed by atoms with Crippen molar-refractivity contribution in [1.82, 2.24) is 0 Å². The molecule has 1 saturated heterocycles. The monoisotopic (exact) mass is 361 g/mol. The van der Waals surface area contributed by atoms with Crippen molar-refractivity contribution >= 4 is 43.5 Å². The Morgan fingerprint density at radius 2 is 2.29 bits per heavy atom. The van der Waals surface area contributed by atoms with E-state index >= 15 is 0 Å². The van der Waals surface area contributed by atoms with Crippen LogP contribution in [-0.2, 0) is 4.79 Å². The van der Waals surface area contributed by atoms with Gasteiger partial charge in [-0.15, -0.1) is 0 Å². The fourth-order valence-corrected chi connectivity index (χ4v) is 2.77. The zero-order valence-electron chi connectivity index (χ0n) is 9.45. The Morgan fingerprint density at radius 3 is 2.88 bits per heavy atom. The molecule has 92 valence electrons. The third-order valence-corrected chi connectivity index (χ3v) is 4.26. The molecular weight excluding hydrogens is 350 g/mol. The van der Waals surface area contributed by atoms with E-state index in [1.807, 2.05) is 18.2 Å². The number of carbonyl (C=O) groups excluding carboxylic acids is 1. The lowest BCUT2D eigenvalue weighted by atomic mass is 10.2. The molecule has 17 heavy (non-hydrogen) atoms. The molecule has 1 amide bonds. The molecule has 0 aliphatic carbocycles. The van der Waals surface area contributed by atoms with Gasteiger partial charge < -0.3 is 9.64 Å². The maximum atomic E-state index is 12.0. The molecule has 1 unspecified atom stereocenters. The molecule has 1 aliphatic heterocycles. The van der Waals surface area contributed by atoms with Crippen molar-refractivity contribution in [1.29, 1.82) is 0 Å². The van der Waals surface area contributed by atoms with Gasteiger partial charge in [-0.1, -0.05) is 31.9 Å². The number of methoxy groups -OCH3 is 1. The summed E-state index contributed by atoms with van der Waals surface area (Å²) in [5.74, 6) is 1.27. The summed E-state index contributed by atoms with van der Waals surface area (Å²) in [5.41, 5.74) is 0.843. The van der Waals surface area contributed by atoms with Crippen molar-refractivity contribution in [2.24, 2.45) is 5.92 Å². The minimum absolute atomic E-state index is 0.158. The molecule has 1 heterocycles. The first-order valence-electron chi connectivity index (χ1n) is 5.35. The van der Waals surface area contributed by atoms with Crippen LogP contribution in [0.15, 0.2) is 22.7 Å². The normalized spacial score (nSPS) is 19.8. The summed E-state index contributed by atoms with van der Waals surface area (Å²) in [6, 6.07) is 5.70. The third kappa shape index (κ3) is 2.65. The average Bonchev–Trinajstić information content (AvgIpc) is 2.70. The molecule has 0 bridgehead atoms. The van der Waals surface area contributed by atoms with Crippen LogP contribution in [0.2, 0.25) is 0 Å². The van der Waals surface area contributed by atoms with E-state index in [-0.39, 0.29) is 5.91 Å². The van der Waals surface area contributed by atoms with Crippen LogP contribution in [0.25, 0.3) is 0 Å². The Morgan fingerprint density at radius 1 is 1.53 bits per heavy atom. The van der Waals surface area contributed by atoms with Gasteiger partial charge in [-0.2, -0.15) is 0 Å². The minimum Gasteiger partial charge on any atom is -0.495 e. The van der Waals surface area contributed by atoms with Crippen molar-refractivity contribution in [3.63, 3.8) is 0 Å². The first-order valence-corrected chi connectivity index (χ1v) is 7.27. The molecule has 0 aromatic heterocycles. The van der Waals surface area contributed by atoms with Gasteiger partial charge in [0.1, 0.15) is 5.75 Å². The molecule has 2 rings (SSSR count). The average molecular weight is 363 g/mol. The highest BCUT2D eigenvalue weighted by molar-refractivity contribution is 9.10. The molecule has 1 fully saturated rings. The van der Waals surface area contributed by atoms with Crippen molar-refractivity contribution in [3.8, 4) is 5.75 Å². The van der Waals surface area contributed by atoms with E-state index in [2.05, 4.69) is 31.9 Å². The van der Waals surface area contributed by atoms with E-state index in [0.717, 1.165) is 27.8 Å². The number of rotatable bonds is 3. The van der Waals surface area contributed by atoms with E-state index < -0.39 is 0 Å². The SMILES string of the molecule is COc1ccc(Br)cc1N1CC(CBr)CC1=O. The van der Waals surface area contributed by atoms with Crippen LogP contribution in [0.3, 0.4) is 0 Å². The number of hydrogen-bond acceptors (Lipinski definition) is 2. The lowest BCUT2D eigenvalue weighted by molar-refractivity contribution is -0.117. The molecule has 0 saturated carbocycles. The van der Waals surface area contributed by atoms with Crippen LogP contribution in [0, 0.1) is 5.92 Å². The standard InChI is InChI=1S/C12H13Br2NO2/c1-17-11-3-2-9(14)5-10(11)15-7-8(6-13)4-12(15)16/h2-3,5,8H,4,6-7H2,1H3. The molecule has 5 heteroatoms. The van der Waals surface area contributed by atoms with E-state index in [1.165, 1.54) is 0 Å². The van der Waals surface area contributed by atoms with Crippen molar-refractivity contribution in [2.45, 2.75) is 6.42 Å². The van der Waals surface area contributed by atoms with Gasteiger partial charge in [0, 0.05) is 22.8 Å². The van der Waals surface area contributed by atoms with Gasteiger partial charge in [-0.05, 0) is 24.1 Å². The number of amides is 1. The van der Waals surface area contributed by atoms with Gasteiger partial charge >= 0.3 is 0 Å². The minimum atomic E-state index is 0.158. The number of alkyl halides is 1. The van der Waals surface area contributed by atoms with Crippen LogP contribution in [0.4, 0.5) is 5.69 Å². The van der Waals surface area contributed by atoms with Crippen molar-refractivity contribution in [2.75, 3.05) is 23.9 Å². The molecule has 1 aliphatic rings. The number of halogens is 2. The van der Waals surface area contributed by atoms with Crippen molar-refractivity contribution < 1.29 is 9.53 Å². The molecule has 3 nitrogen and oxygen atoms in total. The summed E-state index contributed by atoms with van der Waals surface area (Å²) >= 11 is 6.86. The molecule has 1 aromatic rings. The Bertz CT molecular complexity index is 437. The zero-order chi connectivity index (χ0) is 12.4. The maximum absolute atomic E-state index is 12.0. The van der Waals surface area contributed by atoms with E-state index in [0.29, 0.717) is 12.3 Å². The Balaban J connectivity index is 2.33. The molecule has 1 atom stereocenters. The molecular formula is C12H13Br2NO2. The van der Waals surface area contributed by atoms with Crippen molar-refractivity contribution in [3.05, 3.63) is 22.7 Å². The smallest absolute Gasteiger partial charge is 0.227 e. The lowest BCUT2D eigenvalue weighted by Gasteiger charge is -2.19. The Labute approximate surface area is 117 Å². The third-order valence-electron chi connectivity index (χ3n) is 2.86. The van der Waals surface area contributed by atoms with Gasteiger partial charge in [0.2, 0.25) is 5.91 Å². The Kier molecular flexibility index (Phi) is 4.09. The van der Waals surface area contributed by atoms with Gasteiger partial charge in [0.25, 0.3) is 0 Å². The lowest BCUT2D eigenvalue weighted by Crippen LogP contribution is -2.25. The highest BCUT2D eigenvalue weighted by Crippen LogP contribution is 2.35. The number of benzene rings is 1. The summed E-state index contributed by atoms with van der Waals surface area (Å²) in [4.78, 5) is 13.8. The fourth-order valence-electron chi connectivity index (χ4n) is 1.99. The number of nitrogens with zero attached hydrogens (tertiary/aromatic N) is 1. The fraction of sp³-hybridized carbons (Fsp3) is 0.417. The van der Waals surface area contributed by atoms with E-state index in [4.69, 9.17) is 4.74 Å². The van der Waals surface area contributed by atoms with E-state index in [9.17, 15) is 4.79 Å².